The van der Waals surface area contributed by atoms with E-state index in [-0.39, 0.29) is 0 Å². The van der Waals surface area contributed by atoms with Gasteiger partial charge in [-0.15, -0.1) is 0 Å². The van der Waals surface area contributed by atoms with Crippen molar-refractivity contribution in [2.45, 2.75) is 13.3 Å². The number of rotatable bonds is 9. The molecule has 2 N–H and O–H groups in total. The Morgan fingerprint density at radius 2 is 1.71 bits per heavy atom. The normalized spacial score (nSPS) is 10.5. The predicted molar refractivity (Wildman–Crippen MR) is 113 cm³/mol. The standard InChI is InChI=1S/C22H26N4O2/c1-16-10-11-19(28-3)18(14-16)24-21-15-20(23-12-7-13-27-2)25-22(26-21)17-8-5-4-6-9-17/h4-6,8-11,14-15H,7,12-13H2,1-3H3,(H2,23,24,25,26). The fourth-order valence-electron chi connectivity index (χ4n) is 2.81. The minimum absolute atomic E-state index is 0.659. The van der Waals surface area contributed by atoms with Crippen molar-refractivity contribution >= 4 is 17.3 Å². The fraction of sp³-hybridized carbons (Fsp3) is 0.273. The highest BCUT2D eigenvalue weighted by molar-refractivity contribution is 5.69. The lowest BCUT2D eigenvalue weighted by molar-refractivity contribution is 0.198. The molecule has 146 valence electrons. The quantitative estimate of drug-likeness (QED) is 0.528. The van der Waals surface area contributed by atoms with Crippen molar-refractivity contribution in [3.63, 3.8) is 0 Å². The van der Waals surface area contributed by atoms with Gasteiger partial charge in [0.15, 0.2) is 5.82 Å². The molecule has 0 unspecified atom stereocenters. The summed E-state index contributed by atoms with van der Waals surface area (Å²) in [6.45, 7) is 3.52. The van der Waals surface area contributed by atoms with Crippen molar-refractivity contribution in [3.05, 3.63) is 60.2 Å². The highest BCUT2D eigenvalue weighted by Gasteiger charge is 2.10. The first kappa shape index (κ1) is 19.6. The van der Waals surface area contributed by atoms with E-state index in [0.717, 1.165) is 41.3 Å². The zero-order valence-electron chi connectivity index (χ0n) is 16.5. The average molecular weight is 378 g/mol. The highest BCUT2D eigenvalue weighted by atomic mass is 16.5. The molecule has 0 aliphatic rings. The van der Waals surface area contributed by atoms with Gasteiger partial charge in [-0.05, 0) is 31.0 Å². The van der Waals surface area contributed by atoms with Crippen LogP contribution < -0.4 is 15.4 Å². The summed E-state index contributed by atoms with van der Waals surface area (Å²) in [7, 11) is 3.36. The molecular formula is C22H26N4O2. The van der Waals surface area contributed by atoms with Crippen LogP contribution in [0.5, 0.6) is 5.75 Å². The smallest absolute Gasteiger partial charge is 0.163 e. The van der Waals surface area contributed by atoms with Crippen LogP contribution in [0.3, 0.4) is 0 Å². The molecule has 2 aromatic carbocycles. The lowest BCUT2D eigenvalue weighted by atomic mass is 10.2. The van der Waals surface area contributed by atoms with Crippen LogP contribution in [-0.4, -0.2) is 37.3 Å². The SMILES string of the molecule is COCCCNc1cc(Nc2cc(C)ccc2OC)nc(-c2ccccc2)n1. The van der Waals surface area contributed by atoms with Gasteiger partial charge in [0, 0.05) is 31.9 Å². The molecule has 0 amide bonds. The van der Waals surface area contributed by atoms with Gasteiger partial charge in [-0.25, -0.2) is 9.97 Å². The molecule has 6 heteroatoms. The number of anilines is 3. The third kappa shape index (κ3) is 5.20. The Balaban J connectivity index is 1.92. The lowest BCUT2D eigenvalue weighted by Crippen LogP contribution is -2.08. The van der Waals surface area contributed by atoms with Crippen LogP contribution in [0.2, 0.25) is 0 Å². The van der Waals surface area contributed by atoms with Gasteiger partial charge in [0.1, 0.15) is 17.4 Å². The fourth-order valence-corrected chi connectivity index (χ4v) is 2.81. The van der Waals surface area contributed by atoms with E-state index in [0.29, 0.717) is 18.2 Å². The Morgan fingerprint density at radius 1 is 0.929 bits per heavy atom. The van der Waals surface area contributed by atoms with Gasteiger partial charge < -0.3 is 20.1 Å². The minimum Gasteiger partial charge on any atom is -0.495 e. The van der Waals surface area contributed by atoms with Gasteiger partial charge in [-0.1, -0.05) is 36.4 Å². The summed E-state index contributed by atoms with van der Waals surface area (Å²) in [4.78, 5) is 9.37. The number of hydrogen-bond acceptors (Lipinski definition) is 6. The van der Waals surface area contributed by atoms with Crippen molar-refractivity contribution in [1.82, 2.24) is 9.97 Å². The van der Waals surface area contributed by atoms with E-state index >= 15 is 0 Å². The average Bonchev–Trinajstić information content (AvgIpc) is 2.72. The second-order valence-electron chi connectivity index (χ2n) is 6.43. The zero-order valence-corrected chi connectivity index (χ0v) is 16.5. The lowest BCUT2D eigenvalue weighted by Gasteiger charge is -2.14. The van der Waals surface area contributed by atoms with Crippen molar-refractivity contribution in [2.24, 2.45) is 0 Å². The maximum atomic E-state index is 5.47. The maximum absolute atomic E-state index is 5.47. The monoisotopic (exact) mass is 378 g/mol. The third-order valence-corrected chi connectivity index (χ3v) is 4.21. The molecule has 0 aliphatic heterocycles. The summed E-state index contributed by atoms with van der Waals surface area (Å²) in [5.41, 5.74) is 2.96. The second-order valence-corrected chi connectivity index (χ2v) is 6.43. The van der Waals surface area contributed by atoms with E-state index < -0.39 is 0 Å². The van der Waals surface area contributed by atoms with E-state index in [2.05, 4.69) is 15.6 Å². The Kier molecular flexibility index (Phi) is 6.81. The Bertz CT molecular complexity index is 900. The molecule has 0 aliphatic carbocycles. The molecule has 1 heterocycles. The van der Waals surface area contributed by atoms with Crippen LogP contribution in [0.1, 0.15) is 12.0 Å². The molecule has 6 nitrogen and oxygen atoms in total. The van der Waals surface area contributed by atoms with Gasteiger partial charge in [-0.2, -0.15) is 0 Å². The molecule has 0 spiro atoms. The zero-order chi connectivity index (χ0) is 19.8. The first-order chi connectivity index (χ1) is 13.7. The van der Waals surface area contributed by atoms with Crippen LogP contribution in [0.4, 0.5) is 17.3 Å². The number of ether oxygens (including phenoxy) is 2. The summed E-state index contributed by atoms with van der Waals surface area (Å²) in [6.07, 6.45) is 0.898. The second kappa shape index (κ2) is 9.71. The first-order valence-corrected chi connectivity index (χ1v) is 9.28. The largest absolute Gasteiger partial charge is 0.495 e. The van der Waals surface area contributed by atoms with E-state index in [9.17, 15) is 0 Å². The molecule has 0 saturated carbocycles. The number of nitrogens with one attached hydrogen (secondary N) is 2. The van der Waals surface area contributed by atoms with Gasteiger partial charge in [0.2, 0.25) is 0 Å². The number of hydrogen-bond donors (Lipinski definition) is 2. The Morgan fingerprint density at radius 3 is 2.46 bits per heavy atom. The van der Waals surface area contributed by atoms with Crippen molar-refractivity contribution in [1.29, 1.82) is 0 Å². The molecule has 1 aromatic heterocycles. The Hall–Kier alpha value is -3.12. The van der Waals surface area contributed by atoms with Crippen LogP contribution >= 0.6 is 0 Å². The number of benzene rings is 2. The van der Waals surface area contributed by atoms with E-state index in [1.807, 2.05) is 61.5 Å². The summed E-state index contributed by atoms with van der Waals surface area (Å²) < 4.78 is 10.6. The molecule has 3 aromatic rings. The predicted octanol–water partition coefficient (Wildman–Crippen LogP) is 4.65. The van der Waals surface area contributed by atoms with Crippen LogP contribution in [-0.2, 0) is 4.74 Å². The molecule has 0 saturated heterocycles. The molecule has 28 heavy (non-hydrogen) atoms. The van der Waals surface area contributed by atoms with E-state index in [4.69, 9.17) is 14.5 Å². The summed E-state index contributed by atoms with van der Waals surface area (Å²) in [5.74, 6) is 2.89. The number of aryl methyl sites for hydroxylation is 1. The van der Waals surface area contributed by atoms with E-state index in [1.54, 1.807) is 14.2 Å². The van der Waals surface area contributed by atoms with Crippen LogP contribution in [0.15, 0.2) is 54.6 Å². The van der Waals surface area contributed by atoms with Crippen molar-refractivity contribution in [3.8, 4) is 17.1 Å². The third-order valence-electron chi connectivity index (χ3n) is 4.21. The first-order valence-electron chi connectivity index (χ1n) is 9.28. The highest BCUT2D eigenvalue weighted by Crippen LogP contribution is 2.29. The molecular weight excluding hydrogens is 352 g/mol. The van der Waals surface area contributed by atoms with Gasteiger partial charge in [-0.3, -0.25) is 0 Å². The van der Waals surface area contributed by atoms with Crippen molar-refractivity contribution < 1.29 is 9.47 Å². The number of nitrogens with zero attached hydrogens (tertiary/aromatic N) is 2. The summed E-state index contributed by atoms with van der Waals surface area (Å²) >= 11 is 0. The molecule has 0 atom stereocenters. The summed E-state index contributed by atoms with van der Waals surface area (Å²) in [6, 6.07) is 17.8. The maximum Gasteiger partial charge on any atom is 0.163 e. The van der Waals surface area contributed by atoms with Crippen LogP contribution in [0.25, 0.3) is 11.4 Å². The van der Waals surface area contributed by atoms with Crippen molar-refractivity contribution in [2.75, 3.05) is 38.0 Å². The topological polar surface area (TPSA) is 68.3 Å². The molecule has 0 radical (unpaired) electrons. The van der Waals surface area contributed by atoms with Gasteiger partial charge in [0.05, 0.1) is 12.8 Å². The summed E-state index contributed by atoms with van der Waals surface area (Å²) in [5, 5.41) is 6.73. The van der Waals surface area contributed by atoms with Crippen LogP contribution in [0, 0.1) is 6.92 Å². The number of aromatic nitrogens is 2. The molecule has 3 rings (SSSR count). The Labute approximate surface area is 166 Å². The molecule has 0 fully saturated rings. The number of methoxy groups -OCH3 is 2. The minimum atomic E-state index is 0.659. The van der Waals surface area contributed by atoms with Gasteiger partial charge >= 0.3 is 0 Å². The van der Waals surface area contributed by atoms with E-state index in [1.165, 1.54) is 0 Å². The molecule has 0 bridgehead atoms. The van der Waals surface area contributed by atoms with Gasteiger partial charge in [0.25, 0.3) is 0 Å².